The van der Waals surface area contributed by atoms with Gasteiger partial charge in [0.15, 0.2) is 17.2 Å². The minimum atomic E-state index is -4.52. The first-order valence-electron chi connectivity index (χ1n) is 7.26. The average Bonchev–Trinajstić information content (AvgIpc) is 3.28. The Morgan fingerprint density at radius 1 is 1.12 bits per heavy atom. The molecular formula is C16H8F3N5O2. The van der Waals surface area contributed by atoms with Crippen molar-refractivity contribution >= 4 is 0 Å². The fraction of sp³-hybridized carbons (Fsp3) is 0.125. The molecule has 3 heterocycles. The molecule has 26 heavy (non-hydrogen) atoms. The Bertz CT molecular complexity index is 1020. The van der Waals surface area contributed by atoms with Gasteiger partial charge in [0.1, 0.15) is 17.5 Å². The zero-order valence-electron chi connectivity index (χ0n) is 12.8. The summed E-state index contributed by atoms with van der Waals surface area (Å²) in [7, 11) is 0. The lowest BCUT2D eigenvalue weighted by molar-refractivity contribution is -0.141. The van der Waals surface area contributed by atoms with Gasteiger partial charge in [0.25, 0.3) is 0 Å². The maximum Gasteiger partial charge on any atom is 0.433 e. The van der Waals surface area contributed by atoms with Gasteiger partial charge in [-0.1, -0.05) is 6.07 Å². The molecule has 1 aromatic carbocycles. The summed E-state index contributed by atoms with van der Waals surface area (Å²) in [6, 6.07) is 7.36. The second-order valence-electron chi connectivity index (χ2n) is 5.32. The van der Waals surface area contributed by atoms with Gasteiger partial charge in [0.2, 0.25) is 6.79 Å². The predicted molar refractivity (Wildman–Crippen MR) is 80.9 cm³/mol. The SMILES string of the molecule is N#Cc1n[nH]nc1-c1cc2c(c(-c3ccc(C(F)(F)F)nc3)c1)OCO2. The Balaban J connectivity index is 1.85. The number of nitriles is 1. The van der Waals surface area contributed by atoms with Crippen molar-refractivity contribution in [1.82, 2.24) is 20.4 Å². The zero-order chi connectivity index (χ0) is 18.3. The number of aromatic amines is 1. The molecule has 1 aliphatic rings. The van der Waals surface area contributed by atoms with E-state index in [9.17, 15) is 13.2 Å². The first kappa shape index (κ1) is 15.9. The van der Waals surface area contributed by atoms with Crippen molar-refractivity contribution in [2.45, 2.75) is 6.18 Å². The molecule has 0 radical (unpaired) electrons. The van der Waals surface area contributed by atoms with Crippen LogP contribution < -0.4 is 9.47 Å². The maximum absolute atomic E-state index is 12.7. The maximum atomic E-state index is 12.7. The molecule has 0 aliphatic carbocycles. The number of H-pyrrole nitrogens is 1. The molecule has 1 N–H and O–H groups in total. The van der Waals surface area contributed by atoms with Gasteiger partial charge in [-0.05, 0) is 18.2 Å². The fourth-order valence-corrected chi connectivity index (χ4v) is 2.59. The number of ether oxygens (including phenoxy) is 2. The summed E-state index contributed by atoms with van der Waals surface area (Å²) < 4.78 is 49.0. The highest BCUT2D eigenvalue weighted by Gasteiger charge is 2.32. The van der Waals surface area contributed by atoms with Crippen LogP contribution in [-0.4, -0.2) is 27.2 Å². The zero-order valence-corrected chi connectivity index (χ0v) is 12.8. The lowest BCUT2D eigenvalue weighted by Crippen LogP contribution is -2.07. The predicted octanol–water partition coefficient (Wildman–Crippen LogP) is 3.15. The van der Waals surface area contributed by atoms with Gasteiger partial charge in [-0.15, -0.1) is 5.10 Å². The van der Waals surface area contributed by atoms with Crippen molar-refractivity contribution < 1.29 is 22.6 Å². The van der Waals surface area contributed by atoms with E-state index in [-0.39, 0.29) is 12.5 Å². The molecule has 0 saturated carbocycles. The van der Waals surface area contributed by atoms with Gasteiger partial charge in [0, 0.05) is 22.9 Å². The summed E-state index contributed by atoms with van der Waals surface area (Å²) >= 11 is 0. The molecule has 10 heteroatoms. The van der Waals surface area contributed by atoms with Crippen molar-refractivity contribution in [2.75, 3.05) is 6.79 Å². The van der Waals surface area contributed by atoms with Crippen LogP contribution in [0.5, 0.6) is 11.5 Å². The summed E-state index contributed by atoms with van der Waals surface area (Å²) in [5, 5.41) is 19.2. The molecule has 0 unspecified atom stereocenters. The van der Waals surface area contributed by atoms with E-state index in [0.29, 0.717) is 33.9 Å². The Morgan fingerprint density at radius 3 is 2.65 bits per heavy atom. The van der Waals surface area contributed by atoms with Crippen LogP contribution in [0.1, 0.15) is 11.4 Å². The normalized spacial score (nSPS) is 12.8. The number of hydrogen-bond donors (Lipinski definition) is 1. The van der Waals surface area contributed by atoms with E-state index in [0.717, 1.165) is 12.3 Å². The summed E-state index contributed by atoms with van der Waals surface area (Å²) in [5.41, 5.74) is 0.780. The summed E-state index contributed by atoms with van der Waals surface area (Å²) in [6.07, 6.45) is -3.41. The molecule has 130 valence electrons. The van der Waals surface area contributed by atoms with E-state index >= 15 is 0 Å². The summed E-state index contributed by atoms with van der Waals surface area (Å²) in [4.78, 5) is 3.47. The van der Waals surface area contributed by atoms with Gasteiger partial charge in [0.05, 0.1) is 0 Å². The molecule has 1 aliphatic heterocycles. The van der Waals surface area contributed by atoms with Crippen molar-refractivity contribution in [3.8, 4) is 40.0 Å². The molecule has 4 rings (SSSR count). The largest absolute Gasteiger partial charge is 0.454 e. The smallest absolute Gasteiger partial charge is 0.433 e. The van der Waals surface area contributed by atoms with E-state index in [4.69, 9.17) is 14.7 Å². The van der Waals surface area contributed by atoms with Crippen LogP contribution in [-0.2, 0) is 6.18 Å². The van der Waals surface area contributed by atoms with E-state index < -0.39 is 11.9 Å². The molecule has 0 fully saturated rings. The van der Waals surface area contributed by atoms with Gasteiger partial charge < -0.3 is 9.47 Å². The number of nitrogens with one attached hydrogen (secondary N) is 1. The third-order valence-electron chi connectivity index (χ3n) is 3.76. The average molecular weight is 359 g/mol. The third kappa shape index (κ3) is 2.59. The topological polar surface area (TPSA) is 96.7 Å². The second kappa shape index (κ2) is 5.73. The highest BCUT2D eigenvalue weighted by Crippen LogP contribution is 2.44. The summed E-state index contributed by atoms with van der Waals surface area (Å²) in [6.45, 7) is -0.0240. The van der Waals surface area contributed by atoms with Crippen molar-refractivity contribution in [1.29, 1.82) is 5.26 Å². The molecule has 0 amide bonds. The van der Waals surface area contributed by atoms with E-state index in [1.54, 1.807) is 12.1 Å². The number of alkyl halides is 3. The van der Waals surface area contributed by atoms with Gasteiger partial charge >= 0.3 is 6.18 Å². The van der Waals surface area contributed by atoms with E-state index in [1.807, 2.05) is 6.07 Å². The second-order valence-corrected chi connectivity index (χ2v) is 5.32. The number of aromatic nitrogens is 4. The standard InChI is InChI=1S/C16H8F3N5O2/c17-16(18,19)13-2-1-8(6-21-13)10-3-9(4-12-15(10)26-7-25-12)14-11(5-20)22-24-23-14/h1-4,6H,7H2,(H,22,23,24). The highest BCUT2D eigenvalue weighted by molar-refractivity contribution is 5.81. The van der Waals surface area contributed by atoms with Crippen LogP contribution >= 0.6 is 0 Å². The van der Waals surface area contributed by atoms with Gasteiger partial charge in [-0.2, -0.15) is 28.7 Å². The van der Waals surface area contributed by atoms with Crippen LogP contribution in [0.15, 0.2) is 30.5 Å². The number of halogens is 3. The number of rotatable bonds is 2. The fourth-order valence-electron chi connectivity index (χ4n) is 2.59. The number of benzene rings is 1. The molecule has 0 atom stereocenters. The van der Waals surface area contributed by atoms with Crippen molar-refractivity contribution in [2.24, 2.45) is 0 Å². The molecule has 3 aromatic rings. The lowest BCUT2D eigenvalue weighted by atomic mass is 10.00. The molecule has 0 spiro atoms. The van der Waals surface area contributed by atoms with E-state index in [1.165, 1.54) is 6.07 Å². The number of nitrogens with zero attached hydrogens (tertiary/aromatic N) is 4. The summed E-state index contributed by atoms with van der Waals surface area (Å²) in [5.74, 6) is 0.779. The van der Waals surface area contributed by atoms with E-state index in [2.05, 4.69) is 20.4 Å². The number of pyridine rings is 1. The first-order chi connectivity index (χ1) is 12.5. The Morgan fingerprint density at radius 2 is 1.96 bits per heavy atom. The van der Waals surface area contributed by atoms with Gasteiger partial charge in [-0.3, -0.25) is 4.98 Å². The quantitative estimate of drug-likeness (QED) is 0.755. The Hall–Kier alpha value is -3.61. The minimum absolute atomic E-state index is 0.0240. The lowest BCUT2D eigenvalue weighted by Gasteiger charge is -2.10. The first-order valence-corrected chi connectivity index (χ1v) is 7.26. The van der Waals surface area contributed by atoms with Crippen LogP contribution in [0, 0.1) is 11.3 Å². The molecule has 0 saturated heterocycles. The van der Waals surface area contributed by atoms with Crippen molar-refractivity contribution in [3.63, 3.8) is 0 Å². The third-order valence-corrected chi connectivity index (χ3v) is 3.76. The minimum Gasteiger partial charge on any atom is -0.454 e. The molecular weight excluding hydrogens is 351 g/mol. The Labute approximate surface area is 144 Å². The molecule has 0 bridgehead atoms. The monoisotopic (exact) mass is 359 g/mol. The van der Waals surface area contributed by atoms with Crippen LogP contribution in [0.4, 0.5) is 13.2 Å². The number of fused-ring (bicyclic) bond motifs is 1. The molecule has 2 aromatic heterocycles. The number of hydrogen-bond acceptors (Lipinski definition) is 6. The Kier molecular flexibility index (Phi) is 3.50. The van der Waals surface area contributed by atoms with Crippen molar-refractivity contribution in [3.05, 3.63) is 41.9 Å². The van der Waals surface area contributed by atoms with Crippen LogP contribution in [0.3, 0.4) is 0 Å². The van der Waals surface area contributed by atoms with Crippen LogP contribution in [0.25, 0.3) is 22.4 Å². The highest BCUT2D eigenvalue weighted by atomic mass is 19.4. The van der Waals surface area contributed by atoms with Gasteiger partial charge in [-0.25, -0.2) is 0 Å². The molecule has 7 nitrogen and oxygen atoms in total. The van der Waals surface area contributed by atoms with Crippen LogP contribution in [0.2, 0.25) is 0 Å².